The number of carbonyl (C=O) groups excluding carboxylic acids is 2. The number of amides is 1. The van der Waals surface area contributed by atoms with Gasteiger partial charge in [-0.3, -0.25) is 9.59 Å². The summed E-state index contributed by atoms with van der Waals surface area (Å²) in [6.07, 6.45) is 1.41. The van der Waals surface area contributed by atoms with E-state index < -0.39 is 0 Å². The Morgan fingerprint density at radius 3 is 2.09 bits per heavy atom. The number of hydrogen-bond donors (Lipinski definition) is 0. The predicted octanol–water partition coefficient (Wildman–Crippen LogP) is 3.70. The quantitative estimate of drug-likeness (QED) is 0.730. The van der Waals surface area contributed by atoms with Crippen molar-refractivity contribution in [2.45, 2.75) is 25.8 Å². The Morgan fingerprint density at radius 2 is 1.45 bits per heavy atom. The zero-order valence-electron chi connectivity index (χ0n) is 12.9. The molecule has 0 radical (unpaired) electrons. The molecule has 0 heterocycles. The summed E-state index contributed by atoms with van der Waals surface area (Å²) in [6.45, 7) is 0.603. The number of Topliss-reactive ketones (excluding diaryl/α,β-unsaturated/α-hetero) is 1. The molecule has 0 saturated carbocycles. The average molecular weight is 295 g/mol. The molecule has 0 N–H and O–H groups in total. The van der Waals surface area contributed by atoms with Crippen molar-refractivity contribution in [1.82, 2.24) is 4.90 Å². The highest BCUT2D eigenvalue weighted by Gasteiger charge is 2.11. The molecule has 0 saturated heterocycles. The number of nitrogens with zero attached hydrogens (tertiary/aromatic N) is 1. The van der Waals surface area contributed by atoms with Gasteiger partial charge in [-0.05, 0) is 12.0 Å². The maximum atomic E-state index is 12.1. The van der Waals surface area contributed by atoms with Crippen molar-refractivity contribution in [3.05, 3.63) is 71.8 Å². The number of rotatable bonds is 7. The zero-order chi connectivity index (χ0) is 15.8. The minimum absolute atomic E-state index is 0.0738. The summed E-state index contributed by atoms with van der Waals surface area (Å²) in [5, 5.41) is 0. The average Bonchev–Trinajstić information content (AvgIpc) is 2.56. The Bertz CT molecular complexity index is 608. The fourth-order valence-corrected chi connectivity index (χ4v) is 2.30. The Morgan fingerprint density at radius 1 is 0.864 bits per heavy atom. The van der Waals surface area contributed by atoms with Gasteiger partial charge in [-0.2, -0.15) is 0 Å². The highest BCUT2D eigenvalue weighted by molar-refractivity contribution is 5.96. The smallest absolute Gasteiger partial charge is 0.222 e. The van der Waals surface area contributed by atoms with Gasteiger partial charge in [0.25, 0.3) is 0 Å². The van der Waals surface area contributed by atoms with Crippen molar-refractivity contribution in [3.63, 3.8) is 0 Å². The predicted molar refractivity (Wildman–Crippen MR) is 87.5 cm³/mol. The SMILES string of the molecule is CN(Cc1ccccc1)C(=O)CCCC(=O)c1ccccc1. The molecule has 22 heavy (non-hydrogen) atoms. The lowest BCUT2D eigenvalue weighted by Gasteiger charge is -2.17. The van der Waals surface area contributed by atoms with Crippen molar-refractivity contribution in [2.24, 2.45) is 0 Å². The van der Waals surface area contributed by atoms with Crippen LogP contribution >= 0.6 is 0 Å². The van der Waals surface area contributed by atoms with Crippen molar-refractivity contribution in [2.75, 3.05) is 7.05 Å². The first kappa shape index (κ1) is 16.0. The highest BCUT2D eigenvalue weighted by Crippen LogP contribution is 2.09. The van der Waals surface area contributed by atoms with Gasteiger partial charge in [-0.1, -0.05) is 60.7 Å². The third-order valence-corrected chi connectivity index (χ3v) is 3.58. The summed E-state index contributed by atoms with van der Waals surface area (Å²) in [6, 6.07) is 19.1. The van der Waals surface area contributed by atoms with Gasteiger partial charge in [0.15, 0.2) is 5.78 Å². The van der Waals surface area contributed by atoms with Gasteiger partial charge in [0.1, 0.15) is 0 Å². The molecule has 0 fully saturated rings. The van der Waals surface area contributed by atoms with E-state index in [1.165, 1.54) is 0 Å². The lowest BCUT2D eigenvalue weighted by molar-refractivity contribution is -0.130. The van der Waals surface area contributed by atoms with Crippen LogP contribution < -0.4 is 0 Å². The highest BCUT2D eigenvalue weighted by atomic mass is 16.2. The second-order valence-corrected chi connectivity index (χ2v) is 5.38. The van der Waals surface area contributed by atoms with Crippen LogP contribution in [0, 0.1) is 0 Å². The number of ketones is 1. The van der Waals surface area contributed by atoms with E-state index >= 15 is 0 Å². The summed E-state index contributed by atoms with van der Waals surface area (Å²) >= 11 is 0. The Kier molecular flexibility index (Phi) is 5.90. The topological polar surface area (TPSA) is 37.4 Å². The first-order chi connectivity index (χ1) is 10.7. The summed E-state index contributed by atoms with van der Waals surface area (Å²) in [7, 11) is 1.80. The molecule has 3 heteroatoms. The summed E-state index contributed by atoms with van der Waals surface area (Å²) in [4.78, 5) is 25.8. The van der Waals surface area contributed by atoms with Crippen LogP contribution in [0.25, 0.3) is 0 Å². The first-order valence-electron chi connectivity index (χ1n) is 7.53. The molecule has 0 unspecified atom stereocenters. The van der Waals surface area contributed by atoms with E-state index in [0.717, 1.165) is 5.56 Å². The number of benzene rings is 2. The molecule has 0 aliphatic heterocycles. The standard InChI is InChI=1S/C19H21NO2/c1-20(15-16-9-4-2-5-10-16)19(22)14-8-13-18(21)17-11-6-3-7-12-17/h2-7,9-12H,8,13-15H2,1H3. The van der Waals surface area contributed by atoms with Gasteiger partial charge in [0, 0.05) is 32.0 Å². The fourth-order valence-electron chi connectivity index (χ4n) is 2.30. The minimum Gasteiger partial charge on any atom is -0.341 e. The number of hydrogen-bond acceptors (Lipinski definition) is 2. The number of carbonyl (C=O) groups is 2. The second kappa shape index (κ2) is 8.13. The molecule has 0 spiro atoms. The first-order valence-corrected chi connectivity index (χ1v) is 7.53. The molecule has 0 aromatic heterocycles. The van der Waals surface area contributed by atoms with Gasteiger partial charge in [0.05, 0.1) is 0 Å². The molecule has 1 amide bonds. The third-order valence-electron chi connectivity index (χ3n) is 3.58. The maximum Gasteiger partial charge on any atom is 0.222 e. The summed E-state index contributed by atoms with van der Waals surface area (Å²) < 4.78 is 0. The monoisotopic (exact) mass is 295 g/mol. The van der Waals surface area contributed by atoms with E-state index in [0.29, 0.717) is 31.4 Å². The van der Waals surface area contributed by atoms with Gasteiger partial charge in [-0.15, -0.1) is 0 Å². The molecule has 0 aliphatic rings. The van der Waals surface area contributed by atoms with Gasteiger partial charge < -0.3 is 4.90 Å². The minimum atomic E-state index is 0.0738. The van der Waals surface area contributed by atoms with Crippen LogP contribution in [-0.2, 0) is 11.3 Å². The largest absolute Gasteiger partial charge is 0.341 e. The molecular weight excluding hydrogens is 274 g/mol. The summed E-state index contributed by atoms with van der Waals surface area (Å²) in [5.41, 5.74) is 1.83. The van der Waals surface area contributed by atoms with Crippen molar-refractivity contribution >= 4 is 11.7 Å². The molecule has 0 aliphatic carbocycles. The van der Waals surface area contributed by atoms with E-state index in [9.17, 15) is 9.59 Å². The normalized spacial score (nSPS) is 10.2. The van der Waals surface area contributed by atoms with Crippen molar-refractivity contribution in [3.8, 4) is 0 Å². The van der Waals surface area contributed by atoms with Crippen LogP contribution in [-0.4, -0.2) is 23.6 Å². The van der Waals surface area contributed by atoms with Crippen LogP contribution in [0.15, 0.2) is 60.7 Å². The third kappa shape index (κ3) is 4.85. The molecule has 2 aromatic rings. The second-order valence-electron chi connectivity index (χ2n) is 5.38. The molecule has 114 valence electrons. The van der Waals surface area contributed by atoms with E-state index in [-0.39, 0.29) is 11.7 Å². The Balaban J connectivity index is 1.74. The molecule has 0 bridgehead atoms. The molecule has 2 aromatic carbocycles. The van der Waals surface area contributed by atoms with Crippen molar-refractivity contribution in [1.29, 1.82) is 0 Å². The van der Waals surface area contributed by atoms with E-state index in [2.05, 4.69) is 0 Å². The van der Waals surface area contributed by atoms with Gasteiger partial charge in [-0.25, -0.2) is 0 Å². The van der Waals surface area contributed by atoms with Crippen LogP contribution in [0.4, 0.5) is 0 Å². The van der Waals surface area contributed by atoms with Crippen LogP contribution in [0.2, 0.25) is 0 Å². The lowest BCUT2D eigenvalue weighted by Crippen LogP contribution is -2.26. The zero-order valence-corrected chi connectivity index (χ0v) is 12.9. The van der Waals surface area contributed by atoms with E-state index in [1.807, 2.05) is 60.7 Å². The molecular formula is C19H21NO2. The van der Waals surface area contributed by atoms with Gasteiger partial charge >= 0.3 is 0 Å². The van der Waals surface area contributed by atoms with Crippen molar-refractivity contribution < 1.29 is 9.59 Å². The summed E-state index contributed by atoms with van der Waals surface area (Å²) in [5.74, 6) is 0.170. The van der Waals surface area contributed by atoms with Crippen LogP contribution in [0.1, 0.15) is 35.2 Å². The lowest BCUT2D eigenvalue weighted by atomic mass is 10.1. The van der Waals surface area contributed by atoms with E-state index in [1.54, 1.807) is 11.9 Å². The molecule has 2 rings (SSSR count). The van der Waals surface area contributed by atoms with Gasteiger partial charge in [0.2, 0.25) is 5.91 Å². The maximum absolute atomic E-state index is 12.1. The Hall–Kier alpha value is -2.42. The van der Waals surface area contributed by atoms with Crippen LogP contribution in [0.3, 0.4) is 0 Å². The molecule has 3 nitrogen and oxygen atoms in total. The van der Waals surface area contributed by atoms with E-state index in [4.69, 9.17) is 0 Å². The fraction of sp³-hybridized carbons (Fsp3) is 0.263. The Labute approximate surface area is 131 Å². The van der Waals surface area contributed by atoms with Crippen LogP contribution in [0.5, 0.6) is 0 Å². The molecule has 0 atom stereocenters.